The molecule has 0 atom stereocenters. The van der Waals surface area contributed by atoms with E-state index in [1.54, 1.807) is 11.7 Å². The fourth-order valence-electron chi connectivity index (χ4n) is 3.30. The highest BCUT2D eigenvalue weighted by atomic mass is 16.5. The molecule has 3 rings (SSSR count). The maximum absolute atomic E-state index is 11.3. The van der Waals surface area contributed by atoms with Gasteiger partial charge in [0.2, 0.25) is 5.88 Å². The first kappa shape index (κ1) is 17.8. The molecule has 0 spiro atoms. The van der Waals surface area contributed by atoms with Gasteiger partial charge in [-0.05, 0) is 54.8 Å². The number of benzene rings is 2. The van der Waals surface area contributed by atoms with Crippen molar-refractivity contribution in [3.05, 3.63) is 51.9 Å². The lowest BCUT2D eigenvalue weighted by molar-refractivity contribution is 0.310. The standard InChI is InChI=1S/C20H22N2O4/c1-5-26-15-9-8-14(10-16(15)25-4)11-22-19-13(3)7-6-12(2)17(19)18(21-24)20(22)23/h6-10,23H,5,11H2,1-4H3. The first-order valence-corrected chi connectivity index (χ1v) is 8.46. The topological polar surface area (TPSA) is 73.0 Å². The Kier molecular flexibility index (Phi) is 4.84. The van der Waals surface area contributed by atoms with Crippen LogP contribution in [0.4, 0.5) is 5.69 Å². The zero-order chi connectivity index (χ0) is 18.8. The molecule has 2 aromatic carbocycles. The van der Waals surface area contributed by atoms with E-state index >= 15 is 0 Å². The number of nitrogens with zero attached hydrogens (tertiary/aromatic N) is 2. The molecule has 0 amide bonds. The van der Waals surface area contributed by atoms with E-state index in [2.05, 4.69) is 5.18 Å². The zero-order valence-electron chi connectivity index (χ0n) is 15.4. The molecule has 6 heteroatoms. The van der Waals surface area contributed by atoms with E-state index < -0.39 is 0 Å². The summed E-state index contributed by atoms with van der Waals surface area (Å²) >= 11 is 0. The maximum atomic E-state index is 11.3. The third-order valence-electron chi connectivity index (χ3n) is 4.52. The van der Waals surface area contributed by atoms with Gasteiger partial charge in [0.15, 0.2) is 17.2 Å². The number of aromatic nitrogens is 1. The van der Waals surface area contributed by atoms with Gasteiger partial charge in [0.1, 0.15) is 0 Å². The van der Waals surface area contributed by atoms with Gasteiger partial charge in [-0.25, -0.2) is 0 Å². The number of rotatable bonds is 6. The molecule has 1 N–H and O–H groups in total. The number of aromatic hydroxyl groups is 1. The van der Waals surface area contributed by atoms with Crippen LogP contribution in [0.15, 0.2) is 35.5 Å². The van der Waals surface area contributed by atoms with Gasteiger partial charge in [0.25, 0.3) is 0 Å². The summed E-state index contributed by atoms with van der Waals surface area (Å²) in [6.45, 7) is 6.69. The molecule has 0 radical (unpaired) electrons. The van der Waals surface area contributed by atoms with Crippen LogP contribution in [0.3, 0.4) is 0 Å². The van der Waals surface area contributed by atoms with Crippen molar-refractivity contribution in [1.29, 1.82) is 0 Å². The summed E-state index contributed by atoms with van der Waals surface area (Å²) in [6, 6.07) is 9.53. The highest BCUT2D eigenvalue weighted by Crippen LogP contribution is 2.42. The molecular weight excluding hydrogens is 332 g/mol. The second-order valence-corrected chi connectivity index (χ2v) is 6.19. The number of nitroso groups, excluding NO2 is 1. The SMILES string of the molecule is CCOc1ccc(Cn2c(O)c(N=O)c3c(C)ccc(C)c32)cc1OC. The summed E-state index contributed by atoms with van der Waals surface area (Å²) in [5.74, 6) is 1.17. The van der Waals surface area contributed by atoms with Crippen molar-refractivity contribution in [2.24, 2.45) is 5.18 Å². The molecule has 3 aromatic rings. The molecule has 0 aliphatic heterocycles. The molecule has 0 saturated heterocycles. The van der Waals surface area contributed by atoms with Crippen molar-refractivity contribution >= 4 is 16.6 Å². The fraction of sp³-hybridized carbons (Fsp3) is 0.300. The van der Waals surface area contributed by atoms with E-state index in [4.69, 9.17) is 9.47 Å². The van der Waals surface area contributed by atoms with Crippen LogP contribution in [0.1, 0.15) is 23.6 Å². The Balaban J connectivity index is 2.14. The molecule has 1 aromatic heterocycles. The Hall–Kier alpha value is -3.02. The van der Waals surface area contributed by atoms with Gasteiger partial charge in [0, 0.05) is 5.39 Å². The van der Waals surface area contributed by atoms with E-state index in [1.807, 2.05) is 51.1 Å². The van der Waals surface area contributed by atoms with Gasteiger partial charge < -0.3 is 19.1 Å². The van der Waals surface area contributed by atoms with Crippen molar-refractivity contribution in [2.75, 3.05) is 13.7 Å². The molecule has 0 unspecified atom stereocenters. The summed E-state index contributed by atoms with van der Waals surface area (Å²) in [7, 11) is 1.59. The Morgan fingerprint density at radius 1 is 1.12 bits per heavy atom. The van der Waals surface area contributed by atoms with Gasteiger partial charge >= 0.3 is 0 Å². The summed E-state index contributed by atoms with van der Waals surface area (Å²) < 4.78 is 12.7. The van der Waals surface area contributed by atoms with Crippen LogP contribution in [0.25, 0.3) is 10.9 Å². The minimum atomic E-state index is -0.125. The number of hydrogen-bond acceptors (Lipinski definition) is 5. The largest absolute Gasteiger partial charge is 0.493 e. The van der Waals surface area contributed by atoms with E-state index in [0.717, 1.165) is 22.2 Å². The normalized spacial score (nSPS) is 10.9. The smallest absolute Gasteiger partial charge is 0.222 e. The van der Waals surface area contributed by atoms with Gasteiger partial charge in [-0.3, -0.25) is 0 Å². The molecule has 0 aliphatic rings. The highest BCUT2D eigenvalue weighted by Gasteiger charge is 2.21. The van der Waals surface area contributed by atoms with E-state index in [1.165, 1.54) is 0 Å². The van der Waals surface area contributed by atoms with Crippen LogP contribution in [-0.4, -0.2) is 23.4 Å². The van der Waals surface area contributed by atoms with Crippen molar-refractivity contribution in [3.63, 3.8) is 0 Å². The Labute approximate surface area is 151 Å². The summed E-state index contributed by atoms with van der Waals surface area (Å²) in [6.07, 6.45) is 0. The fourth-order valence-corrected chi connectivity index (χ4v) is 3.30. The predicted octanol–water partition coefficient (Wildman–Crippen LogP) is 4.82. The van der Waals surface area contributed by atoms with Crippen molar-refractivity contribution in [1.82, 2.24) is 4.57 Å². The number of fused-ring (bicyclic) bond motifs is 1. The van der Waals surface area contributed by atoms with E-state index in [-0.39, 0.29) is 11.6 Å². The summed E-state index contributed by atoms with van der Waals surface area (Å²) in [4.78, 5) is 11.3. The summed E-state index contributed by atoms with van der Waals surface area (Å²) in [5.41, 5.74) is 3.67. The molecule has 0 saturated carbocycles. The van der Waals surface area contributed by atoms with Crippen LogP contribution in [0.5, 0.6) is 17.4 Å². The average Bonchev–Trinajstić information content (AvgIpc) is 2.92. The van der Waals surface area contributed by atoms with Gasteiger partial charge in [-0.15, -0.1) is 4.91 Å². The number of methoxy groups -OCH3 is 1. The third-order valence-corrected chi connectivity index (χ3v) is 4.52. The van der Waals surface area contributed by atoms with E-state index in [0.29, 0.717) is 30.0 Å². The molecule has 1 heterocycles. The molecule has 6 nitrogen and oxygen atoms in total. The summed E-state index contributed by atoms with van der Waals surface area (Å²) in [5, 5.41) is 14.4. The first-order chi connectivity index (χ1) is 12.5. The number of ether oxygens (including phenoxy) is 2. The van der Waals surface area contributed by atoms with Gasteiger partial charge in [-0.2, -0.15) is 0 Å². The lowest BCUT2D eigenvalue weighted by Gasteiger charge is -2.13. The van der Waals surface area contributed by atoms with Crippen LogP contribution in [-0.2, 0) is 6.54 Å². The quantitative estimate of drug-likeness (QED) is 0.644. The molecule has 0 fully saturated rings. The molecule has 26 heavy (non-hydrogen) atoms. The van der Waals surface area contributed by atoms with Gasteiger partial charge in [-0.1, -0.05) is 18.2 Å². The number of aryl methyl sites for hydroxylation is 2. The van der Waals surface area contributed by atoms with Crippen molar-refractivity contribution < 1.29 is 14.6 Å². The Morgan fingerprint density at radius 2 is 1.85 bits per heavy atom. The maximum Gasteiger partial charge on any atom is 0.222 e. The van der Waals surface area contributed by atoms with Crippen molar-refractivity contribution in [2.45, 2.75) is 27.3 Å². The molecule has 136 valence electrons. The zero-order valence-corrected chi connectivity index (χ0v) is 15.4. The second kappa shape index (κ2) is 7.07. The lowest BCUT2D eigenvalue weighted by Crippen LogP contribution is -2.02. The molecular formula is C20H22N2O4. The predicted molar refractivity (Wildman–Crippen MR) is 102 cm³/mol. The van der Waals surface area contributed by atoms with Crippen LogP contribution >= 0.6 is 0 Å². The minimum absolute atomic E-state index is 0.0825. The lowest BCUT2D eigenvalue weighted by atomic mass is 10.1. The monoisotopic (exact) mass is 354 g/mol. The van der Waals surface area contributed by atoms with Crippen LogP contribution in [0.2, 0.25) is 0 Å². The van der Waals surface area contributed by atoms with Gasteiger partial charge in [0.05, 0.1) is 25.8 Å². The molecule has 0 aliphatic carbocycles. The van der Waals surface area contributed by atoms with Crippen molar-refractivity contribution in [3.8, 4) is 17.4 Å². The third kappa shape index (κ3) is 2.87. The second-order valence-electron chi connectivity index (χ2n) is 6.19. The van der Waals surface area contributed by atoms with Crippen LogP contribution < -0.4 is 9.47 Å². The minimum Gasteiger partial charge on any atom is -0.493 e. The Morgan fingerprint density at radius 3 is 2.50 bits per heavy atom. The van der Waals surface area contributed by atoms with E-state index in [9.17, 15) is 10.0 Å². The van der Waals surface area contributed by atoms with Crippen LogP contribution in [0, 0.1) is 18.8 Å². The molecule has 0 bridgehead atoms. The highest BCUT2D eigenvalue weighted by molar-refractivity contribution is 5.99. The first-order valence-electron chi connectivity index (χ1n) is 8.46. The Bertz CT molecular complexity index is 976. The number of hydrogen-bond donors (Lipinski definition) is 1. The average molecular weight is 354 g/mol.